The van der Waals surface area contributed by atoms with Gasteiger partial charge in [-0.05, 0) is 48.9 Å². The third-order valence-electron chi connectivity index (χ3n) is 4.84. The lowest BCUT2D eigenvalue weighted by Gasteiger charge is -2.26. The Kier molecular flexibility index (Phi) is 5.96. The highest BCUT2D eigenvalue weighted by Crippen LogP contribution is 2.40. The van der Waals surface area contributed by atoms with Gasteiger partial charge in [0.15, 0.2) is 0 Å². The van der Waals surface area contributed by atoms with Crippen molar-refractivity contribution in [3.05, 3.63) is 70.3 Å². The molecular formula is C22H23ClN2O4. The van der Waals surface area contributed by atoms with Crippen LogP contribution in [0.15, 0.2) is 54.1 Å². The smallest absolute Gasteiger partial charge is 0.295 e. The number of β-amino-alcohol motifs (C(OH)–C–C–N with tert-alkyl or cyclic N) is 1. The van der Waals surface area contributed by atoms with E-state index in [2.05, 4.69) is 0 Å². The summed E-state index contributed by atoms with van der Waals surface area (Å²) in [6, 6.07) is 13.0. The number of aliphatic hydroxyl groups excluding tert-OH is 2. The van der Waals surface area contributed by atoms with Gasteiger partial charge in [0.1, 0.15) is 5.76 Å². The summed E-state index contributed by atoms with van der Waals surface area (Å²) in [7, 11) is 3.82. The van der Waals surface area contributed by atoms with Crippen LogP contribution in [-0.2, 0) is 9.59 Å². The van der Waals surface area contributed by atoms with Crippen LogP contribution in [-0.4, -0.2) is 53.5 Å². The molecule has 7 heteroatoms. The van der Waals surface area contributed by atoms with Gasteiger partial charge in [-0.25, -0.2) is 0 Å². The molecule has 29 heavy (non-hydrogen) atoms. The van der Waals surface area contributed by atoms with Crippen molar-refractivity contribution in [2.75, 3.05) is 25.5 Å². The van der Waals surface area contributed by atoms with E-state index in [1.165, 1.54) is 4.90 Å². The maximum absolute atomic E-state index is 12.8. The number of nitrogens with zero attached hydrogens (tertiary/aromatic N) is 2. The van der Waals surface area contributed by atoms with Crippen molar-refractivity contribution in [2.24, 2.45) is 0 Å². The highest BCUT2D eigenvalue weighted by Gasteiger charge is 2.46. The Morgan fingerprint density at radius 3 is 2.21 bits per heavy atom. The Hall–Kier alpha value is -2.83. The summed E-state index contributed by atoms with van der Waals surface area (Å²) in [6.07, 6.45) is -0.827. The van der Waals surface area contributed by atoms with Crippen LogP contribution in [0.2, 0.25) is 5.02 Å². The molecule has 0 aromatic heterocycles. The fourth-order valence-electron chi connectivity index (χ4n) is 3.42. The Morgan fingerprint density at radius 2 is 1.69 bits per heavy atom. The number of anilines is 1. The standard InChI is InChI=1S/C22H23ClN2O4/c1-13(26)12-25-19(14-6-10-17(11-7-14)24(2)3)18(21(28)22(25)29)20(27)15-4-8-16(23)9-5-15/h4-11,13,19,26-27H,12H2,1-3H3/t13-,19+/m0/s1. The van der Waals surface area contributed by atoms with Crippen LogP contribution >= 0.6 is 11.6 Å². The minimum Gasteiger partial charge on any atom is -0.507 e. The Bertz CT molecular complexity index is 950. The lowest BCUT2D eigenvalue weighted by Crippen LogP contribution is -2.35. The second-order valence-corrected chi connectivity index (χ2v) is 7.73. The summed E-state index contributed by atoms with van der Waals surface area (Å²) in [5.41, 5.74) is 2.01. The predicted octanol–water partition coefficient (Wildman–Crippen LogP) is 3.21. The van der Waals surface area contributed by atoms with Gasteiger partial charge in [0.05, 0.1) is 17.7 Å². The fraction of sp³-hybridized carbons (Fsp3) is 0.273. The van der Waals surface area contributed by atoms with E-state index in [4.69, 9.17) is 11.6 Å². The van der Waals surface area contributed by atoms with E-state index in [1.807, 2.05) is 43.3 Å². The van der Waals surface area contributed by atoms with Crippen molar-refractivity contribution in [3.8, 4) is 0 Å². The second kappa shape index (κ2) is 8.27. The average molecular weight is 415 g/mol. The van der Waals surface area contributed by atoms with Crippen molar-refractivity contribution in [3.63, 3.8) is 0 Å². The number of hydrogen-bond donors (Lipinski definition) is 2. The number of benzene rings is 2. The van der Waals surface area contributed by atoms with E-state index < -0.39 is 23.8 Å². The normalized spacial score (nSPS) is 19.5. The van der Waals surface area contributed by atoms with Crippen LogP contribution in [0.3, 0.4) is 0 Å². The first-order valence-corrected chi connectivity index (χ1v) is 9.58. The molecule has 152 valence electrons. The van der Waals surface area contributed by atoms with Gasteiger partial charge in [0, 0.05) is 36.9 Å². The molecular weight excluding hydrogens is 392 g/mol. The van der Waals surface area contributed by atoms with Crippen LogP contribution in [0.5, 0.6) is 0 Å². The number of likely N-dealkylation sites (tertiary alicyclic amines) is 1. The van der Waals surface area contributed by atoms with E-state index in [0.29, 0.717) is 16.1 Å². The molecule has 0 bridgehead atoms. The second-order valence-electron chi connectivity index (χ2n) is 7.29. The molecule has 1 amide bonds. The highest BCUT2D eigenvalue weighted by atomic mass is 35.5. The summed E-state index contributed by atoms with van der Waals surface area (Å²) in [4.78, 5) is 28.7. The third-order valence-corrected chi connectivity index (χ3v) is 5.10. The van der Waals surface area contributed by atoms with Crippen molar-refractivity contribution < 1.29 is 19.8 Å². The van der Waals surface area contributed by atoms with Gasteiger partial charge in [-0.15, -0.1) is 0 Å². The molecule has 0 aliphatic carbocycles. The number of rotatable bonds is 5. The molecule has 1 aliphatic rings. The van der Waals surface area contributed by atoms with Gasteiger partial charge in [-0.2, -0.15) is 0 Å². The molecule has 1 fully saturated rings. The first kappa shape index (κ1) is 20.9. The van der Waals surface area contributed by atoms with Crippen molar-refractivity contribution in [1.82, 2.24) is 4.90 Å². The molecule has 2 aromatic carbocycles. The van der Waals surface area contributed by atoms with Gasteiger partial charge in [0.2, 0.25) is 0 Å². The Labute approximate surface area is 174 Å². The number of carbonyl (C=O) groups excluding carboxylic acids is 2. The molecule has 2 N–H and O–H groups in total. The maximum atomic E-state index is 12.8. The topological polar surface area (TPSA) is 81.1 Å². The molecule has 0 spiro atoms. The minimum atomic E-state index is -0.827. The van der Waals surface area contributed by atoms with Crippen molar-refractivity contribution in [2.45, 2.75) is 19.1 Å². The monoisotopic (exact) mass is 414 g/mol. The molecule has 1 heterocycles. The molecule has 3 rings (SSSR count). The number of amides is 1. The van der Waals surface area contributed by atoms with Gasteiger partial charge in [0.25, 0.3) is 11.7 Å². The van der Waals surface area contributed by atoms with Crippen LogP contribution in [0.1, 0.15) is 24.1 Å². The first-order chi connectivity index (χ1) is 13.7. The minimum absolute atomic E-state index is 0.00410. The van der Waals surface area contributed by atoms with E-state index in [-0.39, 0.29) is 17.9 Å². The van der Waals surface area contributed by atoms with Crippen molar-refractivity contribution >= 4 is 34.7 Å². The number of Topliss-reactive ketones (excluding diaryl/α,β-unsaturated/α-hetero) is 1. The van der Waals surface area contributed by atoms with E-state index in [0.717, 1.165) is 5.69 Å². The van der Waals surface area contributed by atoms with Crippen molar-refractivity contribution in [1.29, 1.82) is 0 Å². The molecule has 2 atom stereocenters. The lowest BCUT2D eigenvalue weighted by atomic mass is 9.95. The largest absolute Gasteiger partial charge is 0.507 e. The van der Waals surface area contributed by atoms with Crippen LogP contribution in [0.25, 0.3) is 5.76 Å². The molecule has 1 aliphatic heterocycles. The molecule has 2 aromatic rings. The number of carbonyl (C=O) groups is 2. The van der Waals surface area contributed by atoms with Gasteiger partial charge >= 0.3 is 0 Å². The third kappa shape index (κ3) is 4.13. The summed E-state index contributed by atoms with van der Waals surface area (Å²) >= 11 is 5.91. The molecule has 0 radical (unpaired) electrons. The predicted molar refractivity (Wildman–Crippen MR) is 113 cm³/mol. The molecule has 0 unspecified atom stereocenters. The van der Waals surface area contributed by atoms with Crippen LogP contribution in [0.4, 0.5) is 5.69 Å². The lowest BCUT2D eigenvalue weighted by molar-refractivity contribution is -0.140. The van der Waals surface area contributed by atoms with Crippen LogP contribution in [0, 0.1) is 0 Å². The zero-order valence-corrected chi connectivity index (χ0v) is 17.2. The summed E-state index contributed by atoms with van der Waals surface area (Å²) in [5.74, 6) is -1.79. The first-order valence-electron chi connectivity index (χ1n) is 9.20. The van der Waals surface area contributed by atoms with Gasteiger partial charge in [-0.3, -0.25) is 9.59 Å². The van der Waals surface area contributed by atoms with E-state index >= 15 is 0 Å². The summed E-state index contributed by atoms with van der Waals surface area (Å²) < 4.78 is 0. The maximum Gasteiger partial charge on any atom is 0.295 e. The van der Waals surface area contributed by atoms with E-state index in [1.54, 1.807) is 31.2 Å². The SMILES string of the molecule is C[C@H](O)CN1C(=O)C(=O)C(=C(O)c2ccc(Cl)cc2)[C@H]1c1ccc(N(C)C)cc1. The number of ketones is 1. The highest BCUT2D eigenvalue weighted by molar-refractivity contribution is 6.46. The average Bonchev–Trinajstić information content (AvgIpc) is 2.92. The Morgan fingerprint density at radius 1 is 1.10 bits per heavy atom. The summed E-state index contributed by atoms with van der Waals surface area (Å²) in [5, 5.41) is 21.3. The zero-order valence-electron chi connectivity index (χ0n) is 16.5. The fourth-order valence-corrected chi connectivity index (χ4v) is 3.54. The summed E-state index contributed by atoms with van der Waals surface area (Å²) in [6.45, 7) is 1.52. The van der Waals surface area contributed by atoms with Crippen LogP contribution < -0.4 is 4.90 Å². The van der Waals surface area contributed by atoms with E-state index in [9.17, 15) is 19.8 Å². The zero-order chi connectivity index (χ0) is 21.3. The number of aliphatic hydroxyl groups is 2. The quantitative estimate of drug-likeness (QED) is 0.446. The van der Waals surface area contributed by atoms with Gasteiger partial charge < -0.3 is 20.0 Å². The number of hydrogen-bond acceptors (Lipinski definition) is 5. The number of halogens is 1. The van der Waals surface area contributed by atoms with Gasteiger partial charge in [-0.1, -0.05) is 23.7 Å². The molecule has 0 saturated carbocycles. The molecule has 6 nitrogen and oxygen atoms in total. The Balaban J connectivity index is 2.15. The molecule has 1 saturated heterocycles.